The topological polar surface area (TPSA) is 46.1 Å². The van der Waals surface area contributed by atoms with Gasteiger partial charge in [-0.3, -0.25) is 4.79 Å². The summed E-state index contributed by atoms with van der Waals surface area (Å²) in [6.07, 6.45) is 1.66. The molecule has 4 nitrogen and oxygen atoms in total. The number of hydrogen-bond donors (Lipinski definition) is 0. The summed E-state index contributed by atoms with van der Waals surface area (Å²) in [7, 11) is 0. The number of carbonyl (C=O) groups excluding carboxylic acids is 1. The molecular weight excluding hydrogens is 286 g/mol. The molecule has 1 fully saturated rings. The summed E-state index contributed by atoms with van der Waals surface area (Å²) in [5.74, 6) is 1.08. The average molecular weight is 309 g/mol. The summed E-state index contributed by atoms with van der Waals surface area (Å²) in [4.78, 5) is 23.3. The highest BCUT2D eigenvalue weighted by Gasteiger charge is 2.42. The molecule has 1 atom stereocenters. The molecule has 2 aromatic rings. The predicted octanol–water partition coefficient (Wildman–Crippen LogP) is 3.36. The quantitative estimate of drug-likeness (QED) is 0.854. The van der Waals surface area contributed by atoms with Gasteiger partial charge >= 0.3 is 0 Å². The van der Waals surface area contributed by atoms with Crippen LogP contribution in [0, 0.1) is 19.3 Å². The zero-order valence-corrected chi connectivity index (χ0v) is 14.2. The molecule has 1 aliphatic heterocycles. The van der Waals surface area contributed by atoms with E-state index in [9.17, 15) is 4.79 Å². The second-order valence-electron chi connectivity index (χ2n) is 7.05. The molecule has 120 valence electrons. The highest BCUT2D eigenvalue weighted by molar-refractivity contribution is 5.95. The van der Waals surface area contributed by atoms with E-state index >= 15 is 0 Å². The van der Waals surface area contributed by atoms with Crippen molar-refractivity contribution in [1.29, 1.82) is 0 Å². The second kappa shape index (κ2) is 5.76. The lowest BCUT2D eigenvalue weighted by atomic mass is 9.78. The van der Waals surface area contributed by atoms with Crippen LogP contribution < -0.4 is 0 Å². The maximum Gasteiger partial charge on any atom is 0.257 e. The van der Waals surface area contributed by atoms with Gasteiger partial charge in [0.05, 0.1) is 11.3 Å². The van der Waals surface area contributed by atoms with Gasteiger partial charge in [-0.25, -0.2) is 9.97 Å². The van der Waals surface area contributed by atoms with Crippen LogP contribution in [0.4, 0.5) is 0 Å². The van der Waals surface area contributed by atoms with Crippen molar-refractivity contribution >= 4 is 5.91 Å². The zero-order chi connectivity index (χ0) is 16.6. The van der Waals surface area contributed by atoms with Gasteiger partial charge in [-0.1, -0.05) is 44.2 Å². The second-order valence-corrected chi connectivity index (χ2v) is 7.05. The Morgan fingerprint density at radius 1 is 1.22 bits per heavy atom. The lowest BCUT2D eigenvalue weighted by Crippen LogP contribution is -2.31. The number of nitrogens with zero attached hydrogens (tertiary/aromatic N) is 3. The minimum absolute atomic E-state index is 0.0361. The largest absolute Gasteiger partial charge is 0.337 e. The lowest BCUT2D eigenvalue weighted by molar-refractivity contribution is 0.0776. The molecule has 0 saturated carbocycles. The number of aromatic nitrogens is 2. The van der Waals surface area contributed by atoms with E-state index in [4.69, 9.17) is 0 Å². The Labute approximate surface area is 137 Å². The third-order valence-corrected chi connectivity index (χ3v) is 4.76. The molecule has 4 heteroatoms. The van der Waals surface area contributed by atoms with Gasteiger partial charge in [0.25, 0.3) is 5.91 Å². The summed E-state index contributed by atoms with van der Waals surface area (Å²) in [6.45, 7) is 9.66. The number of benzene rings is 1. The van der Waals surface area contributed by atoms with Crippen molar-refractivity contribution in [2.75, 3.05) is 13.1 Å². The van der Waals surface area contributed by atoms with Gasteiger partial charge in [0.2, 0.25) is 0 Å². The molecular formula is C19H23N3O. The first-order valence-corrected chi connectivity index (χ1v) is 8.03. The molecule has 1 aliphatic rings. The van der Waals surface area contributed by atoms with E-state index in [0.717, 1.165) is 18.8 Å². The van der Waals surface area contributed by atoms with Crippen molar-refractivity contribution < 1.29 is 4.79 Å². The van der Waals surface area contributed by atoms with Crippen molar-refractivity contribution in [1.82, 2.24) is 14.9 Å². The Bertz CT molecular complexity index is 725. The monoisotopic (exact) mass is 309 g/mol. The van der Waals surface area contributed by atoms with E-state index in [1.54, 1.807) is 6.20 Å². The van der Waals surface area contributed by atoms with Crippen molar-refractivity contribution in [2.45, 2.75) is 33.6 Å². The molecule has 1 aromatic carbocycles. The fourth-order valence-corrected chi connectivity index (χ4v) is 3.49. The summed E-state index contributed by atoms with van der Waals surface area (Å²) < 4.78 is 0. The zero-order valence-electron chi connectivity index (χ0n) is 14.2. The average Bonchev–Trinajstić information content (AvgIpc) is 2.83. The normalized spacial score (nSPS) is 19.8. The smallest absolute Gasteiger partial charge is 0.257 e. The Morgan fingerprint density at radius 3 is 2.57 bits per heavy atom. The number of aryl methyl sites for hydroxylation is 2. The summed E-state index contributed by atoms with van der Waals surface area (Å²) in [6, 6.07) is 10.5. The van der Waals surface area contributed by atoms with Gasteiger partial charge in [-0.15, -0.1) is 0 Å². The van der Waals surface area contributed by atoms with Gasteiger partial charge in [0.1, 0.15) is 5.82 Å². The highest BCUT2D eigenvalue weighted by atomic mass is 16.2. The van der Waals surface area contributed by atoms with Gasteiger partial charge < -0.3 is 4.90 Å². The fraction of sp³-hybridized carbons (Fsp3) is 0.421. The molecule has 1 aromatic heterocycles. The van der Waals surface area contributed by atoms with Crippen LogP contribution in [0.25, 0.3) is 0 Å². The van der Waals surface area contributed by atoms with Crippen LogP contribution in [0.3, 0.4) is 0 Å². The Kier molecular flexibility index (Phi) is 3.92. The van der Waals surface area contributed by atoms with Crippen LogP contribution >= 0.6 is 0 Å². The van der Waals surface area contributed by atoms with Crippen LogP contribution in [-0.2, 0) is 0 Å². The van der Waals surface area contributed by atoms with E-state index in [1.165, 1.54) is 5.56 Å². The van der Waals surface area contributed by atoms with Gasteiger partial charge in [-0.2, -0.15) is 0 Å². The first-order chi connectivity index (χ1) is 10.9. The maximum atomic E-state index is 12.9. The van der Waals surface area contributed by atoms with Gasteiger partial charge in [0.15, 0.2) is 0 Å². The predicted molar refractivity (Wildman–Crippen MR) is 90.4 cm³/mol. The Morgan fingerprint density at radius 2 is 1.91 bits per heavy atom. The molecule has 1 unspecified atom stereocenters. The molecule has 1 saturated heterocycles. The van der Waals surface area contributed by atoms with Crippen LogP contribution in [0.2, 0.25) is 0 Å². The molecule has 1 amide bonds. The molecule has 0 radical (unpaired) electrons. The summed E-state index contributed by atoms with van der Waals surface area (Å²) in [5, 5.41) is 0. The lowest BCUT2D eigenvalue weighted by Gasteiger charge is -2.25. The Hall–Kier alpha value is -2.23. The minimum atomic E-state index is 0.0361. The van der Waals surface area contributed by atoms with Crippen molar-refractivity contribution in [2.24, 2.45) is 5.41 Å². The van der Waals surface area contributed by atoms with E-state index in [2.05, 4.69) is 48.1 Å². The van der Waals surface area contributed by atoms with Crippen LogP contribution in [-0.4, -0.2) is 33.9 Å². The van der Waals surface area contributed by atoms with Gasteiger partial charge in [0, 0.05) is 25.2 Å². The van der Waals surface area contributed by atoms with E-state index in [0.29, 0.717) is 17.3 Å². The molecule has 23 heavy (non-hydrogen) atoms. The molecule has 0 N–H and O–H groups in total. The number of hydrogen-bond acceptors (Lipinski definition) is 3. The molecule has 2 heterocycles. The SMILES string of the molecule is Cc1ncc(C(=O)N2CC(c3ccccc3)C(C)(C)C2)c(C)n1. The first-order valence-electron chi connectivity index (χ1n) is 8.03. The number of amides is 1. The number of carbonyl (C=O) groups is 1. The highest BCUT2D eigenvalue weighted by Crippen LogP contribution is 2.42. The first kappa shape index (κ1) is 15.7. The van der Waals surface area contributed by atoms with Crippen molar-refractivity contribution in [3.05, 3.63) is 59.2 Å². The van der Waals surface area contributed by atoms with E-state index in [-0.39, 0.29) is 11.3 Å². The maximum absolute atomic E-state index is 12.9. The third kappa shape index (κ3) is 2.98. The van der Waals surface area contributed by atoms with Crippen LogP contribution in [0.5, 0.6) is 0 Å². The minimum Gasteiger partial charge on any atom is -0.337 e. The summed E-state index contributed by atoms with van der Waals surface area (Å²) >= 11 is 0. The Balaban J connectivity index is 1.86. The molecule has 0 spiro atoms. The summed E-state index contributed by atoms with van der Waals surface area (Å²) in [5.41, 5.74) is 2.71. The molecule has 3 rings (SSSR count). The number of rotatable bonds is 2. The van der Waals surface area contributed by atoms with Crippen LogP contribution in [0.1, 0.15) is 47.2 Å². The third-order valence-electron chi connectivity index (χ3n) is 4.76. The van der Waals surface area contributed by atoms with E-state index in [1.807, 2.05) is 24.8 Å². The van der Waals surface area contributed by atoms with Crippen molar-refractivity contribution in [3.8, 4) is 0 Å². The van der Waals surface area contributed by atoms with Gasteiger partial charge in [-0.05, 0) is 24.8 Å². The number of likely N-dealkylation sites (tertiary alicyclic amines) is 1. The fourth-order valence-electron chi connectivity index (χ4n) is 3.49. The molecule has 0 aliphatic carbocycles. The van der Waals surface area contributed by atoms with Crippen LogP contribution in [0.15, 0.2) is 36.5 Å². The molecule has 0 bridgehead atoms. The standard InChI is InChI=1S/C19H23N3O/c1-13-16(10-20-14(2)21-13)18(23)22-11-17(19(3,4)12-22)15-8-6-5-7-9-15/h5-10,17H,11-12H2,1-4H3. The van der Waals surface area contributed by atoms with E-state index < -0.39 is 0 Å². The van der Waals surface area contributed by atoms with Crippen molar-refractivity contribution in [3.63, 3.8) is 0 Å².